The first-order valence-corrected chi connectivity index (χ1v) is 11.2. The van der Waals surface area contributed by atoms with E-state index >= 15 is 0 Å². The third-order valence-corrected chi connectivity index (χ3v) is 6.10. The molecular formula is C25H23Cl3N2O2. The number of nitrogens with one attached hydrogen (secondary N) is 1. The van der Waals surface area contributed by atoms with Crippen LogP contribution < -0.4 is 5.32 Å². The van der Waals surface area contributed by atoms with E-state index in [4.69, 9.17) is 34.8 Å². The molecular weight excluding hydrogens is 467 g/mol. The summed E-state index contributed by atoms with van der Waals surface area (Å²) in [6.07, 6.45) is 0.439. The van der Waals surface area contributed by atoms with Gasteiger partial charge in [0, 0.05) is 40.6 Å². The summed E-state index contributed by atoms with van der Waals surface area (Å²) in [7, 11) is 1.56. The Bertz CT molecular complexity index is 1070. The lowest BCUT2D eigenvalue weighted by Crippen LogP contribution is -2.50. The Morgan fingerprint density at radius 3 is 2.12 bits per heavy atom. The molecule has 3 aromatic carbocycles. The largest absolute Gasteiger partial charge is 0.357 e. The molecule has 0 saturated heterocycles. The summed E-state index contributed by atoms with van der Waals surface area (Å²) in [6.45, 7) is 0.100. The van der Waals surface area contributed by atoms with Gasteiger partial charge in [0.1, 0.15) is 6.04 Å². The fraction of sp³-hybridized carbons (Fsp3) is 0.200. The van der Waals surface area contributed by atoms with Crippen molar-refractivity contribution in [2.24, 2.45) is 0 Å². The Morgan fingerprint density at radius 1 is 0.875 bits per heavy atom. The summed E-state index contributed by atoms with van der Waals surface area (Å²) in [5, 5.41) is 4.11. The number of rotatable bonds is 8. The summed E-state index contributed by atoms with van der Waals surface area (Å²) in [5.74, 6) is -0.496. The van der Waals surface area contributed by atoms with Crippen LogP contribution in [-0.2, 0) is 29.0 Å². The third kappa shape index (κ3) is 6.26. The number of carbonyl (C=O) groups excluding carboxylic acids is 2. The van der Waals surface area contributed by atoms with Crippen LogP contribution in [0.1, 0.15) is 16.7 Å². The fourth-order valence-electron chi connectivity index (χ4n) is 3.50. The van der Waals surface area contributed by atoms with Crippen LogP contribution >= 0.6 is 34.8 Å². The molecule has 3 aromatic rings. The van der Waals surface area contributed by atoms with Crippen LogP contribution in [0.25, 0.3) is 0 Å². The highest BCUT2D eigenvalue weighted by Gasteiger charge is 2.30. The van der Waals surface area contributed by atoms with Gasteiger partial charge < -0.3 is 10.2 Å². The number of benzene rings is 3. The summed E-state index contributed by atoms with van der Waals surface area (Å²) in [4.78, 5) is 28.0. The Labute approximate surface area is 203 Å². The number of amides is 2. The van der Waals surface area contributed by atoms with Crippen LogP contribution in [-0.4, -0.2) is 29.8 Å². The van der Waals surface area contributed by atoms with Crippen LogP contribution in [0.5, 0.6) is 0 Å². The minimum atomic E-state index is -0.749. The van der Waals surface area contributed by atoms with Crippen molar-refractivity contribution in [3.8, 4) is 0 Å². The Kier molecular flexibility index (Phi) is 8.57. The van der Waals surface area contributed by atoms with Crippen LogP contribution in [0.2, 0.25) is 15.1 Å². The maximum atomic E-state index is 13.5. The molecule has 0 aliphatic carbocycles. The molecule has 0 heterocycles. The summed E-state index contributed by atoms with van der Waals surface area (Å²) >= 11 is 18.9. The second-order valence-corrected chi connectivity index (χ2v) is 8.60. The van der Waals surface area contributed by atoms with Gasteiger partial charge in [-0.3, -0.25) is 9.59 Å². The van der Waals surface area contributed by atoms with Gasteiger partial charge in [0.05, 0.1) is 6.42 Å². The van der Waals surface area contributed by atoms with Gasteiger partial charge in [-0.05, 0) is 35.4 Å². The molecule has 0 fully saturated rings. The monoisotopic (exact) mass is 488 g/mol. The molecule has 3 rings (SSSR count). The highest BCUT2D eigenvalue weighted by Crippen LogP contribution is 2.27. The van der Waals surface area contributed by atoms with Gasteiger partial charge in [0.2, 0.25) is 11.8 Å². The molecule has 166 valence electrons. The quantitative estimate of drug-likeness (QED) is 0.449. The highest BCUT2D eigenvalue weighted by atomic mass is 35.5. The molecule has 0 aromatic heterocycles. The number of likely N-dealkylation sites (N-methyl/N-ethyl adjacent to an activating group) is 1. The molecule has 0 radical (unpaired) electrons. The molecule has 0 saturated carbocycles. The van der Waals surface area contributed by atoms with E-state index in [-0.39, 0.29) is 24.8 Å². The van der Waals surface area contributed by atoms with Crippen molar-refractivity contribution in [1.82, 2.24) is 10.2 Å². The van der Waals surface area contributed by atoms with Crippen molar-refractivity contribution in [3.05, 3.63) is 105 Å². The minimum Gasteiger partial charge on any atom is -0.357 e. The third-order valence-electron chi connectivity index (χ3n) is 5.15. The van der Waals surface area contributed by atoms with Gasteiger partial charge in [-0.1, -0.05) is 83.3 Å². The first kappa shape index (κ1) is 24.1. The number of nitrogens with zero attached hydrogens (tertiary/aromatic N) is 1. The van der Waals surface area contributed by atoms with Gasteiger partial charge in [-0.2, -0.15) is 0 Å². The Morgan fingerprint density at radius 2 is 1.50 bits per heavy atom. The molecule has 32 heavy (non-hydrogen) atoms. The molecule has 0 spiro atoms. The van der Waals surface area contributed by atoms with Crippen LogP contribution in [0.15, 0.2) is 72.8 Å². The summed E-state index contributed by atoms with van der Waals surface area (Å²) in [5.41, 5.74) is 2.29. The molecule has 4 nitrogen and oxygen atoms in total. The van der Waals surface area contributed by atoms with Crippen molar-refractivity contribution >= 4 is 46.6 Å². The van der Waals surface area contributed by atoms with E-state index in [1.165, 1.54) is 0 Å². The molecule has 2 amide bonds. The topological polar surface area (TPSA) is 49.4 Å². The lowest BCUT2D eigenvalue weighted by atomic mass is 10.0. The van der Waals surface area contributed by atoms with E-state index in [2.05, 4.69) is 5.32 Å². The van der Waals surface area contributed by atoms with Crippen LogP contribution in [0.4, 0.5) is 0 Å². The van der Waals surface area contributed by atoms with Crippen molar-refractivity contribution in [2.75, 3.05) is 7.05 Å². The molecule has 1 N–H and O–H groups in total. The van der Waals surface area contributed by atoms with Crippen molar-refractivity contribution in [3.63, 3.8) is 0 Å². The van der Waals surface area contributed by atoms with Crippen molar-refractivity contribution < 1.29 is 9.59 Å². The van der Waals surface area contributed by atoms with E-state index < -0.39 is 6.04 Å². The predicted octanol–water partition coefficient (Wildman–Crippen LogP) is 5.58. The second-order valence-electron chi connectivity index (χ2n) is 7.35. The molecule has 0 unspecified atom stereocenters. The normalized spacial score (nSPS) is 11.6. The van der Waals surface area contributed by atoms with Gasteiger partial charge in [0.15, 0.2) is 0 Å². The first-order valence-electron chi connectivity index (χ1n) is 10.1. The maximum absolute atomic E-state index is 13.5. The number of hydrogen-bond acceptors (Lipinski definition) is 2. The number of hydrogen-bond donors (Lipinski definition) is 1. The first-order chi connectivity index (χ1) is 15.4. The summed E-state index contributed by atoms with van der Waals surface area (Å²) < 4.78 is 0. The van der Waals surface area contributed by atoms with Crippen LogP contribution in [0, 0.1) is 0 Å². The predicted molar refractivity (Wildman–Crippen MR) is 130 cm³/mol. The van der Waals surface area contributed by atoms with Gasteiger partial charge in [-0.25, -0.2) is 0 Å². The smallest absolute Gasteiger partial charge is 0.242 e. The number of carbonyl (C=O) groups is 2. The highest BCUT2D eigenvalue weighted by molar-refractivity contribution is 6.36. The molecule has 0 aliphatic heterocycles. The van der Waals surface area contributed by atoms with E-state index in [9.17, 15) is 9.59 Å². The lowest BCUT2D eigenvalue weighted by molar-refractivity contribution is -0.140. The zero-order chi connectivity index (χ0) is 23.1. The van der Waals surface area contributed by atoms with E-state index in [1.807, 2.05) is 36.4 Å². The zero-order valence-corrected chi connectivity index (χ0v) is 19.8. The van der Waals surface area contributed by atoms with Crippen LogP contribution in [0.3, 0.4) is 0 Å². The standard InChI is InChI=1S/C25H23Cl3N2O2/c1-29-25(32)23(14-17-7-3-2-4-8-17)30(16-20-21(27)11-6-12-22(20)28)24(31)15-18-9-5-10-19(26)13-18/h2-13,23H,14-16H2,1H3,(H,29,32)/t23-/m1/s1. The summed E-state index contributed by atoms with van der Waals surface area (Å²) in [6, 6.07) is 21.1. The zero-order valence-electron chi connectivity index (χ0n) is 17.5. The van der Waals surface area contributed by atoms with E-state index in [0.29, 0.717) is 27.1 Å². The Balaban J connectivity index is 1.99. The van der Waals surface area contributed by atoms with Gasteiger partial charge in [0.25, 0.3) is 0 Å². The molecule has 0 aliphatic rings. The fourth-order valence-corrected chi connectivity index (χ4v) is 4.23. The lowest BCUT2D eigenvalue weighted by Gasteiger charge is -2.32. The SMILES string of the molecule is CNC(=O)[C@@H](Cc1ccccc1)N(Cc1c(Cl)cccc1Cl)C(=O)Cc1cccc(Cl)c1. The maximum Gasteiger partial charge on any atom is 0.242 e. The molecule has 7 heteroatoms. The second kappa shape index (κ2) is 11.4. The van der Waals surface area contributed by atoms with Crippen molar-refractivity contribution in [1.29, 1.82) is 0 Å². The van der Waals surface area contributed by atoms with Gasteiger partial charge >= 0.3 is 0 Å². The number of halogens is 3. The molecule has 1 atom stereocenters. The minimum absolute atomic E-state index is 0.0882. The molecule has 0 bridgehead atoms. The average Bonchev–Trinajstić information content (AvgIpc) is 2.78. The van der Waals surface area contributed by atoms with E-state index in [1.54, 1.807) is 48.3 Å². The van der Waals surface area contributed by atoms with Gasteiger partial charge in [-0.15, -0.1) is 0 Å². The van der Waals surface area contributed by atoms with Crippen molar-refractivity contribution in [2.45, 2.75) is 25.4 Å². The van der Waals surface area contributed by atoms with E-state index in [0.717, 1.165) is 11.1 Å². The average molecular weight is 490 g/mol. The Hall–Kier alpha value is -2.53.